The Labute approximate surface area is 144 Å². The Bertz CT molecular complexity index is 818. The molecule has 6 heteroatoms. The third kappa shape index (κ3) is 4.17. The molecule has 0 fully saturated rings. The lowest BCUT2D eigenvalue weighted by molar-refractivity contribution is -0.116. The van der Waals surface area contributed by atoms with Gasteiger partial charge in [0.2, 0.25) is 5.91 Å². The van der Waals surface area contributed by atoms with E-state index in [-0.39, 0.29) is 5.91 Å². The van der Waals surface area contributed by atoms with Crippen LogP contribution in [0.2, 0.25) is 0 Å². The predicted octanol–water partition coefficient (Wildman–Crippen LogP) is 3.79. The van der Waals surface area contributed by atoms with Crippen molar-refractivity contribution < 1.29 is 9.53 Å². The van der Waals surface area contributed by atoms with Crippen LogP contribution in [0.1, 0.15) is 12.0 Å². The number of aryl methyl sites for hydroxylation is 1. The number of nitrogens with zero attached hydrogens (tertiary/aromatic N) is 2. The van der Waals surface area contributed by atoms with E-state index in [1.165, 1.54) is 11.3 Å². The van der Waals surface area contributed by atoms with Gasteiger partial charge in [0.15, 0.2) is 5.13 Å². The number of hydrogen-bond acceptors (Lipinski definition) is 5. The maximum Gasteiger partial charge on any atom is 0.226 e. The van der Waals surface area contributed by atoms with E-state index in [2.05, 4.69) is 15.3 Å². The SMILES string of the molecule is COc1cccc(CCC(=O)Nc2nc(-c3cccnc3)cs2)c1. The van der Waals surface area contributed by atoms with Crippen LogP contribution in [0.4, 0.5) is 5.13 Å². The number of amides is 1. The van der Waals surface area contributed by atoms with Gasteiger partial charge in [-0.2, -0.15) is 0 Å². The smallest absolute Gasteiger partial charge is 0.226 e. The third-order valence-corrected chi connectivity index (χ3v) is 4.24. The molecule has 24 heavy (non-hydrogen) atoms. The van der Waals surface area contributed by atoms with Crippen LogP contribution < -0.4 is 10.1 Å². The molecule has 0 spiro atoms. The van der Waals surface area contributed by atoms with Crippen LogP contribution in [0.3, 0.4) is 0 Å². The Morgan fingerprint density at radius 3 is 3.00 bits per heavy atom. The Morgan fingerprint density at radius 2 is 2.21 bits per heavy atom. The van der Waals surface area contributed by atoms with Crippen molar-refractivity contribution in [3.05, 3.63) is 59.7 Å². The Balaban J connectivity index is 1.56. The number of aromatic nitrogens is 2. The quantitative estimate of drug-likeness (QED) is 0.742. The molecule has 0 atom stereocenters. The van der Waals surface area contributed by atoms with E-state index in [9.17, 15) is 4.79 Å². The van der Waals surface area contributed by atoms with Crippen LogP contribution in [0.15, 0.2) is 54.2 Å². The van der Waals surface area contributed by atoms with Crippen molar-refractivity contribution in [2.45, 2.75) is 12.8 Å². The molecule has 0 aliphatic heterocycles. The molecule has 1 N–H and O–H groups in total. The molecule has 0 radical (unpaired) electrons. The Morgan fingerprint density at radius 1 is 1.29 bits per heavy atom. The number of thiazole rings is 1. The molecule has 0 aliphatic carbocycles. The molecule has 0 unspecified atom stereocenters. The van der Waals surface area contributed by atoms with Gasteiger partial charge in [0, 0.05) is 29.8 Å². The van der Waals surface area contributed by atoms with Crippen LogP contribution in [0.25, 0.3) is 11.3 Å². The van der Waals surface area contributed by atoms with Crippen LogP contribution in [-0.4, -0.2) is 23.0 Å². The Kier molecular flexibility index (Phi) is 5.18. The Hall–Kier alpha value is -2.73. The molecule has 1 amide bonds. The minimum Gasteiger partial charge on any atom is -0.497 e. The van der Waals surface area contributed by atoms with Crippen molar-refractivity contribution in [3.63, 3.8) is 0 Å². The highest BCUT2D eigenvalue weighted by molar-refractivity contribution is 7.14. The van der Waals surface area contributed by atoms with E-state index in [0.29, 0.717) is 18.0 Å². The molecule has 0 saturated heterocycles. The summed E-state index contributed by atoms with van der Waals surface area (Å²) in [5.74, 6) is 0.749. The molecule has 2 heterocycles. The van der Waals surface area contributed by atoms with Crippen LogP contribution in [-0.2, 0) is 11.2 Å². The molecule has 5 nitrogen and oxygen atoms in total. The van der Waals surface area contributed by atoms with Gasteiger partial charge < -0.3 is 10.1 Å². The average molecular weight is 339 g/mol. The lowest BCUT2D eigenvalue weighted by Crippen LogP contribution is -2.12. The summed E-state index contributed by atoms with van der Waals surface area (Å²) in [6.07, 6.45) is 4.53. The summed E-state index contributed by atoms with van der Waals surface area (Å²) >= 11 is 1.41. The van der Waals surface area contributed by atoms with Crippen molar-refractivity contribution in [3.8, 4) is 17.0 Å². The molecular formula is C18H17N3O2S. The minimum atomic E-state index is -0.0510. The van der Waals surface area contributed by atoms with E-state index in [1.54, 1.807) is 19.5 Å². The van der Waals surface area contributed by atoms with Gasteiger partial charge in [-0.05, 0) is 36.2 Å². The lowest BCUT2D eigenvalue weighted by atomic mass is 10.1. The minimum absolute atomic E-state index is 0.0510. The summed E-state index contributed by atoms with van der Waals surface area (Å²) in [6, 6.07) is 11.5. The molecule has 122 valence electrons. The molecule has 3 aromatic rings. The summed E-state index contributed by atoms with van der Waals surface area (Å²) in [4.78, 5) is 20.6. The summed E-state index contributed by atoms with van der Waals surface area (Å²) in [6.45, 7) is 0. The predicted molar refractivity (Wildman–Crippen MR) is 95.3 cm³/mol. The first-order valence-corrected chi connectivity index (χ1v) is 8.41. The van der Waals surface area contributed by atoms with Gasteiger partial charge in [0.1, 0.15) is 5.75 Å². The van der Waals surface area contributed by atoms with Gasteiger partial charge in [0.25, 0.3) is 0 Å². The highest BCUT2D eigenvalue weighted by Gasteiger charge is 2.08. The number of benzene rings is 1. The number of carbonyl (C=O) groups excluding carboxylic acids is 1. The summed E-state index contributed by atoms with van der Waals surface area (Å²) in [7, 11) is 1.63. The second-order valence-corrected chi connectivity index (χ2v) is 6.04. The highest BCUT2D eigenvalue weighted by Crippen LogP contribution is 2.24. The van der Waals surface area contributed by atoms with Gasteiger partial charge in [-0.25, -0.2) is 4.98 Å². The summed E-state index contributed by atoms with van der Waals surface area (Å²) in [5, 5.41) is 5.36. The van der Waals surface area contributed by atoms with E-state index < -0.39 is 0 Å². The monoisotopic (exact) mass is 339 g/mol. The van der Waals surface area contributed by atoms with Gasteiger partial charge >= 0.3 is 0 Å². The number of pyridine rings is 1. The topological polar surface area (TPSA) is 64.1 Å². The van der Waals surface area contributed by atoms with Crippen molar-refractivity contribution in [2.24, 2.45) is 0 Å². The first kappa shape index (κ1) is 16.1. The normalized spacial score (nSPS) is 10.4. The largest absolute Gasteiger partial charge is 0.497 e. The number of methoxy groups -OCH3 is 1. The van der Waals surface area contributed by atoms with E-state index in [1.807, 2.05) is 41.8 Å². The van der Waals surface area contributed by atoms with Gasteiger partial charge in [-0.1, -0.05) is 12.1 Å². The van der Waals surface area contributed by atoms with Crippen molar-refractivity contribution >= 4 is 22.4 Å². The number of ether oxygens (including phenoxy) is 1. The first-order valence-electron chi connectivity index (χ1n) is 7.53. The van der Waals surface area contributed by atoms with Crippen LogP contribution in [0.5, 0.6) is 5.75 Å². The standard InChI is InChI=1S/C18H17N3O2S/c1-23-15-6-2-4-13(10-15)7-8-17(22)21-18-20-16(12-24-18)14-5-3-9-19-11-14/h2-6,9-12H,7-8H2,1H3,(H,20,21,22). The van der Waals surface area contributed by atoms with Gasteiger partial charge in [0.05, 0.1) is 12.8 Å². The van der Waals surface area contributed by atoms with Gasteiger partial charge in [-0.15, -0.1) is 11.3 Å². The molecule has 0 saturated carbocycles. The van der Waals surface area contributed by atoms with Crippen molar-refractivity contribution in [1.29, 1.82) is 0 Å². The van der Waals surface area contributed by atoms with Crippen LogP contribution in [0, 0.1) is 0 Å². The maximum absolute atomic E-state index is 12.1. The molecular weight excluding hydrogens is 322 g/mol. The molecule has 3 rings (SSSR count). The fraction of sp³-hybridized carbons (Fsp3) is 0.167. The zero-order valence-electron chi connectivity index (χ0n) is 13.2. The second kappa shape index (κ2) is 7.70. The average Bonchev–Trinajstić information content (AvgIpc) is 3.09. The zero-order valence-corrected chi connectivity index (χ0v) is 14.0. The van der Waals surface area contributed by atoms with E-state index in [0.717, 1.165) is 22.6 Å². The fourth-order valence-corrected chi connectivity index (χ4v) is 2.98. The number of rotatable bonds is 6. The number of hydrogen-bond donors (Lipinski definition) is 1. The van der Waals surface area contributed by atoms with E-state index in [4.69, 9.17) is 4.74 Å². The summed E-state index contributed by atoms with van der Waals surface area (Å²) < 4.78 is 5.19. The number of anilines is 1. The van der Waals surface area contributed by atoms with Crippen molar-refractivity contribution in [1.82, 2.24) is 9.97 Å². The molecule has 2 aromatic heterocycles. The van der Waals surface area contributed by atoms with Gasteiger partial charge in [-0.3, -0.25) is 9.78 Å². The van der Waals surface area contributed by atoms with Crippen LogP contribution >= 0.6 is 11.3 Å². The highest BCUT2D eigenvalue weighted by atomic mass is 32.1. The lowest BCUT2D eigenvalue weighted by Gasteiger charge is -2.04. The summed E-state index contributed by atoms with van der Waals surface area (Å²) in [5.41, 5.74) is 2.82. The third-order valence-electron chi connectivity index (χ3n) is 3.48. The maximum atomic E-state index is 12.1. The number of carbonyl (C=O) groups is 1. The molecule has 0 bridgehead atoms. The number of nitrogens with one attached hydrogen (secondary N) is 1. The van der Waals surface area contributed by atoms with E-state index >= 15 is 0 Å². The molecule has 0 aliphatic rings. The zero-order chi connectivity index (χ0) is 16.8. The molecule has 1 aromatic carbocycles. The first-order chi connectivity index (χ1) is 11.7. The fourth-order valence-electron chi connectivity index (χ4n) is 2.25. The van der Waals surface area contributed by atoms with Crippen molar-refractivity contribution in [2.75, 3.05) is 12.4 Å². The second-order valence-electron chi connectivity index (χ2n) is 5.18.